The maximum absolute atomic E-state index is 13.3. The van der Waals surface area contributed by atoms with Crippen LogP contribution in [0.1, 0.15) is 17.4 Å². The predicted octanol–water partition coefficient (Wildman–Crippen LogP) is 2.60. The summed E-state index contributed by atoms with van der Waals surface area (Å²) in [5, 5.41) is 14.1. The third kappa shape index (κ3) is 2.73. The van der Waals surface area contributed by atoms with Gasteiger partial charge >= 0.3 is 0 Å². The Hall–Kier alpha value is -1.20. The molecule has 1 aromatic heterocycles. The second-order valence-corrected chi connectivity index (χ2v) is 4.64. The van der Waals surface area contributed by atoms with Gasteiger partial charge in [-0.3, -0.25) is 4.68 Å². The maximum Gasteiger partial charge on any atom is 0.137 e. The average molecular weight is 299 g/mol. The molecule has 0 aliphatic heterocycles. The second kappa shape index (κ2) is 4.98. The number of hydrogen-bond donors (Lipinski definition) is 1. The standard InChI is InChI=1S/C12H12BrFN2O/c1-16-6-5-10(15-16)11(17)7-8-3-2-4-9(14)12(8)13/h2-6,11,17H,7H2,1H3. The molecule has 0 amide bonds. The van der Waals surface area contributed by atoms with E-state index in [1.807, 2.05) is 0 Å². The van der Waals surface area contributed by atoms with Crippen molar-refractivity contribution in [2.75, 3.05) is 0 Å². The van der Waals surface area contributed by atoms with E-state index in [1.54, 1.807) is 36.1 Å². The summed E-state index contributed by atoms with van der Waals surface area (Å²) in [6.07, 6.45) is 1.36. The van der Waals surface area contributed by atoms with Gasteiger partial charge < -0.3 is 5.11 Å². The van der Waals surface area contributed by atoms with Crippen molar-refractivity contribution in [1.82, 2.24) is 9.78 Å². The van der Waals surface area contributed by atoms with Crippen molar-refractivity contribution in [2.45, 2.75) is 12.5 Å². The largest absolute Gasteiger partial charge is 0.386 e. The first-order valence-electron chi connectivity index (χ1n) is 5.18. The highest BCUT2D eigenvalue weighted by molar-refractivity contribution is 9.10. The summed E-state index contributed by atoms with van der Waals surface area (Å²) < 4.78 is 15.3. The van der Waals surface area contributed by atoms with Gasteiger partial charge in [-0.1, -0.05) is 12.1 Å². The Kier molecular flexibility index (Phi) is 3.59. The Morgan fingerprint density at radius 2 is 2.24 bits per heavy atom. The summed E-state index contributed by atoms with van der Waals surface area (Å²) in [6, 6.07) is 6.53. The van der Waals surface area contributed by atoms with E-state index in [0.717, 1.165) is 5.56 Å². The van der Waals surface area contributed by atoms with Gasteiger partial charge in [0.15, 0.2) is 0 Å². The van der Waals surface area contributed by atoms with E-state index in [9.17, 15) is 9.50 Å². The van der Waals surface area contributed by atoms with Crippen LogP contribution >= 0.6 is 15.9 Å². The van der Waals surface area contributed by atoms with Crippen molar-refractivity contribution in [3.63, 3.8) is 0 Å². The second-order valence-electron chi connectivity index (χ2n) is 3.85. The summed E-state index contributed by atoms with van der Waals surface area (Å²) in [7, 11) is 1.79. The molecule has 2 rings (SSSR count). The molecule has 0 saturated carbocycles. The van der Waals surface area contributed by atoms with Gasteiger partial charge in [0.2, 0.25) is 0 Å². The van der Waals surface area contributed by atoms with Crippen molar-refractivity contribution >= 4 is 15.9 Å². The Bertz CT molecular complexity index is 527. The van der Waals surface area contributed by atoms with Gasteiger partial charge in [0.1, 0.15) is 11.9 Å². The van der Waals surface area contributed by atoms with Crippen LogP contribution in [0, 0.1) is 5.82 Å². The van der Waals surface area contributed by atoms with E-state index in [1.165, 1.54) is 6.07 Å². The molecule has 0 radical (unpaired) electrons. The minimum Gasteiger partial charge on any atom is -0.386 e. The number of aliphatic hydroxyl groups excluding tert-OH is 1. The molecule has 1 atom stereocenters. The number of benzene rings is 1. The highest BCUT2D eigenvalue weighted by Gasteiger charge is 2.14. The van der Waals surface area contributed by atoms with Crippen molar-refractivity contribution in [2.24, 2.45) is 7.05 Å². The fourth-order valence-corrected chi connectivity index (χ4v) is 2.06. The summed E-state index contributed by atoms with van der Waals surface area (Å²) in [5.74, 6) is -0.323. The Morgan fingerprint density at radius 3 is 2.88 bits per heavy atom. The Morgan fingerprint density at radius 1 is 1.47 bits per heavy atom. The van der Waals surface area contributed by atoms with Gasteiger partial charge in [-0.25, -0.2) is 4.39 Å². The van der Waals surface area contributed by atoms with Crippen molar-refractivity contribution < 1.29 is 9.50 Å². The van der Waals surface area contributed by atoms with E-state index in [4.69, 9.17) is 0 Å². The molecule has 1 heterocycles. The smallest absolute Gasteiger partial charge is 0.137 e. The minimum absolute atomic E-state index is 0.323. The maximum atomic E-state index is 13.3. The zero-order valence-corrected chi connectivity index (χ0v) is 10.9. The molecule has 0 spiro atoms. The third-order valence-electron chi connectivity index (χ3n) is 2.52. The lowest BCUT2D eigenvalue weighted by Gasteiger charge is -2.09. The molecule has 0 aliphatic carbocycles. The highest BCUT2D eigenvalue weighted by Crippen LogP contribution is 2.25. The van der Waals surface area contributed by atoms with Crippen LogP contribution in [0.5, 0.6) is 0 Å². The van der Waals surface area contributed by atoms with Crippen molar-refractivity contribution in [1.29, 1.82) is 0 Å². The normalized spacial score (nSPS) is 12.7. The summed E-state index contributed by atoms with van der Waals surface area (Å²) >= 11 is 3.17. The van der Waals surface area contributed by atoms with Crippen LogP contribution in [-0.4, -0.2) is 14.9 Å². The molecule has 3 nitrogen and oxygen atoms in total. The number of aryl methyl sites for hydroxylation is 1. The summed E-state index contributed by atoms with van der Waals surface area (Å²) in [5.41, 5.74) is 1.31. The number of nitrogens with zero attached hydrogens (tertiary/aromatic N) is 2. The molecule has 0 fully saturated rings. The van der Waals surface area contributed by atoms with Crippen LogP contribution in [0.15, 0.2) is 34.9 Å². The molecule has 17 heavy (non-hydrogen) atoms. The molecule has 0 saturated heterocycles. The van der Waals surface area contributed by atoms with Crippen LogP contribution in [-0.2, 0) is 13.5 Å². The predicted molar refractivity (Wildman–Crippen MR) is 66.0 cm³/mol. The number of aliphatic hydroxyl groups is 1. The van der Waals surface area contributed by atoms with Gasteiger partial charge in [0, 0.05) is 19.7 Å². The van der Waals surface area contributed by atoms with Crippen LogP contribution in [0.25, 0.3) is 0 Å². The quantitative estimate of drug-likeness (QED) is 0.946. The first-order valence-corrected chi connectivity index (χ1v) is 5.97. The van der Waals surface area contributed by atoms with E-state index in [0.29, 0.717) is 16.6 Å². The lowest BCUT2D eigenvalue weighted by molar-refractivity contribution is 0.172. The van der Waals surface area contributed by atoms with Gasteiger partial charge in [-0.2, -0.15) is 5.10 Å². The van der Waals surface area contributed by atoms with E-state index >= 15 is 0 Å². The zero-order chi connectivity index (χ0) is 12.4. The van der Waals surface area contributed by atoms with Gasteiger partial charge in [-0.15, -0.1) is 0 Å². The molecule has 0 bridgehead atoms. The number of rotatable bonds is 3. The van der Waals surface area contributed by atoms with Crippen LogP contribution < -0.4 is 0 Å². The lowest BCUT2D eigenvalue weighted by Crippen LogP contribution is -2.04. The number of halogens is 2. The molecule has 1 unspecified atom stereocenters. The van der Waals surface area contributed by atoms with Crippen LogP contribution in [0.2, 0.25) is 0 Å². The SMILES string of the molecule is Cn1ccc(C(O)Cc2cccc(F)c2Br)n1. The average Bonchev–Trinajstić information content (AvgIpc) is 2.72. The zero-order valence-electron chi connectivity index (χ0n) is 9.27. The number of hydrogen-bond acceptors (Lipinski definition) is 2. The van der Waals surface area contributed by atoms with E-state index in [2.05, 4.69) is 21.0 Å². The van der Waals surface area contributed by atoms with Gasteiger partial charge in [0.25, 0.3) is 0 Å². The molecule has 2 aromatic rings. The fraction of sp³-hybridized carbons (Fsp3) is 0.250. The van der Waals surface area contributed by atoms with E-state index in [-0.39, 0.29) is 5.82 Å². The van der Waals surface area contributed by atoms with Crippen molar-refractivity contribution in [3.8, 4) is 0 Å². The molecular weight excluding hydrogens is 287 g/mol. The lowest BCUT2D eigenvalue weighted by atomic mass is 10.1. The van der Waals surface area contributed by atoms with Gasteiger partial charge in [-0.05, 0) is 33.6 Å². The molecule has 1 N–H and O–H groups in total. The Labute approximate surface area is 107 Å². The minimum atomic E-state index is -0.728. The first-order chi connectivity index (χ1) is 8.08. The Balaban J connectivity index is 2.18. The summed E-state index contributed by atoms with van der Waals surface area (Å²) in [4.78, 5) is 0. The highest BCUT2D eigenvalue weighted by atomic mass is 79.9. The molecule has 1 aromatic carbocycles. The monoisotopic (exact) mass is 298 g/mol. The van der Waals surface area contributed by atoms with E-state index < -0.39 is 6.10 Å². The number of aromatic nitrogens is 2. The van der Waals surface area contributed by atoms with Gasteiger partial charge in [0.05, 0.1) is 10.2 Å². The summed E-state index contributed by atoms with van der Waals surface area (Å²) in [6.45, 7) is 0. The van der Waals surface area contributed by atoms with Crippen LogP contribution in [0.4, 0.5) is 4.39 Å². The topological polar surface area (TPSA) is 38.0 Å². The van der Waals surface area contributed by atoms with Crippen molar-refractivity contribution in [3.05, 3.63) is 52.0 Å². The molecule has 90 valence electrons. The molecular formula is C12H12BrFN2O. The molecule has 0 aliphatic rings. The molecule has 5 heteroatoms. The third-order valence-corrected chi connectivity index (χ3v) is 3.41. The fourth-order valence-electron chi connectivity index (χ4n) is 1.63. The van der Waals surface area contributed by atoms with Crippen LogP contribution in [0.3, 0.4) is 0 Å². The first kappa shape index (κ1) is 12.3.